The fraction of sp³-hybridized carbons (Fsp3) is 0.211. The number of hydrogen-bond acceptors (Lipinski definition) is 5. The summed E-state index contributed by atoms with van der Waals surface area (Å²) in [6.45, 7) is 5.63. The summed E-state index contributed by atoms with van der Waals surface area (Å²) in [5, 5.41) is 4.29. The van der Waals surface area contributed by atoms with E-state index in [1.165, 1.54) is 29.5 Å². The summed E-state index contributed by atoms with van der Waals surface area (Å²) in [4.78, 5) is 2.07. The predicted octanol–water partition coefficient (Wildman–Crippen LogP) is 4.21. The van der Waals surface area contributed by atoms with E-state index in [1.807, 2.05) is 38.1 Å². The van der Waals surface area contributed by atoms with Gasteiger partial charge < -0.3 is 4.74 Å². The zero-order valence-electron chi connectivity index (χ0n) is 15.1. The van der Waals surface area contributed by atoms with Gasteiger partial charge in [0.15, 0.2) is 0 Å². The summed E-state index contributed by atoms with van der Waals surface area (Å²) in [5.74, 6) is 0.605. The number of rotatable bonds is 5. The lowest BCUT2D eigenvalue weighted by Gasteiger charge is -2.08. The van der Waals surface area contributed by atoms with Crippen LogP contribution in [0.1, 0.15) is 17.0 Å². The SMILES string of the molecule is COc1ccc(S(=O)(=O)n2nc(C)c(Sc3ccc(C)cc3)c2C)cc1. The Bertz CT molecular complexity index is 1020. The second-order valence-electron chi connectivity index (χ2n) is 5.94. The molecule has 0 aliphatic carbocycles. The van der Waals surface area contributed by atoms with E-state index in [-0.39, 0.29) is 4.90 Å². The van der Waals surface area contributed by atoms with E-state index in [0.29, 0.717) is 17.1 Å². The molecule has 3 aromatic rings. The Morgan fingerprint density at radius 1 is 0.962 bits per heavy atom. The average molecular weight is 389 g/mol. The minimum Gasteiger partial charge on any atom is -0.497 e. The molecule has 0 N–H and O–H groups in total. The Hall–Kier alpha value is -2.25. The molecule has 136 valence electrons. The van der Waals surface area contributed by atoms with E-state index in [2.05, 4.69) is 5.10 Å². The van der Waals surface area contributed by atoms with Crippen molar-refractivity contribution in [1.82, 2.24) is 9.19 Å². The highest BCUT2D eigenvalue weighted by Gasteiger charge is 2.24. The van der Waals surface area contributed by atoms with Gasteiger partial charge in [0.1, 0.15) is 5.75 Å². The molecular formula is C19H20N2O3S2. The zero-order chi connectivity index (χ0) is 18.9. The van der Waals surface area contributed by atoms with Crippen molar-refractivity contribution in [3.05, 3.63) is 65.5 Å². The van der Waals surface area contributed by atoms with Crippen LogP contribution >= 0.6 is 11.8 Å². The molecule has 1 heterocycles. The molecule has 0 unspecified atom stereocenters. The second kappa shape index (κ2) is 7.17. The van der Waals surface area contributed by atoms with Crippen LogP contribution in [0.3, 0.4) is 0 Å². The topological polar surface area (TPSA) is 61.2 Å². The lowest BCUT2D eigenvalue weighted by Crippen LogP contribution is -2.16. The maximum Gasteiger partial charge on any atom is 0.283 e. The first-order valence-electron chi connectivity index (χ1n) is 8.03. The van der Waals surface area contributed by atoms with Crippen LogP contribution in [0.5, 0.6) is 5.75 Å². The largest absolute Gasteiger partial charge is 0.497 e. The van der Waals surface area contributed by atoms with Crippen molar-refractivity contribution in [1.29, 1.82) is 0 Å². The maximum atomic E-state index is 13.0. The minimum absolute atomic E-state index is 0.177. The molecule has 3 rings (SSSR count). The summed E-state index contributed by atoms with van der Waals surface area (Å²) in [6.07, 6.45) is 0. The van der Waals surface area contributed by atoms with Gasteiger partial charge in [0.25, 0.3) is 10.0 Å². The van der Waals surface area contributed by atoms with E-state index in [9.17, 15) is 8.42 Å². The van der Waals surface area contributed by atoms with Gasteiger partial charge in [-0.25, -0.2) is 0 Å². The molecule has 0 spiro atoms. The summed E-state index contributed by atoms with van der Waals surface area (Å²) in [6, 6.07) is 14.4. The van der Waals surface area contributed by atoms with Gasteiger partial charge in [-0.1, -0.05) is 29.5 Å². The number of aryl methyl sites for hydroxylation is 2. The molecule has 0 atom stereocenters. The van der Waals surface area contributed by atoms with E-state index in [4.69, 9.17) is 4.74 Å². The molecule has 2 aromatic carbocycles. The monoisotopic (exact) mass is 388 g/mol. The first-order chi connectivity index (χ1) is 12.3. The van der Waals surface area contributed by atoms with Crippen molar-refractivity contribution in [2.45, 2.75) is 35.5 Å². The van der Waals surface area contributed by atoms with Crippen LogP contribution in [0.15, 0.2) is 63.2 Å². The highest BCUT2D eigenvalue weighted by atomic mass is 32.2. The molecule has 0 radical (unpaired) electrons. The highest BCUT2D eigenvalue weighted by Crippen LogP contribution is 2.34. The molecule has 5 nitrogen and oxygen atoms in total. The summed E-state index contributed by atoms with van der Waals surface area (Å²) in [5.41, 5.74) is 2.47. The third-order valence-corrected chi connectivity index (χ3v) is 6.99. The molecule has 0 saturated carbocycles. The smallest absolute Gasteiger partial charge is 0.283 e. The van der Waals surface area contributed by atoms with Gasteiger partial charge in [0.2, 0.25) is 0 Å². The number of methoxy groups -OCH3 is 1. The van der Waals surface area contributed by atoms with Crippen molar-refractivity contribution in [2.24, 2.45) is 0 Å². The van der Waals surface area contributed by atoms with Crippen LogP contribution in [0.4, 0.5) is 0 Å². The quantitative estimate of drug-likeness (QED) is 0.655. The molecule has 0 aliphatic rings. The van der Waals surface area contributed by atoms with Crippen molar-refractivity contribution in [2.75, 3.05) is 7.11 Å². The molecule has 1 aromatic heterocycles. The summed E-state index contributed by atoms with van der Waals surface area (Å²) < 4.78 is 32.1. The average Bonchev–Trinajstić information content (AvgIpc) is 2.92. The maximum absolute atomic E-state index is 13.0. The third-order valence-electron chi connectivity index (χ3n) is 4.01. The van der Waals surface area contributed by atoms with Crippen LogP contribution < -0.4 is 4.74 Å². The number of hydrogen-bond donors (Lipinski definition) is 0. The molecule has 0 fully saturated rings. The van der Waals surface area contributed by atoms with Crippen molar-refractivity contribution in [3.8, 4) is 5.75 Å². The van der Waals surface area contributed by atoms with Crippen LogP contribution in [0, 0.1) is 20.8 Å². The normalized spacial score (nSPS) is 11.5. The van der Waals surface area contributed by atoms with E-state index in [1.54, 1.807) is 26.2 Å². The molecule has 0 saturated heterocycles. The van der Waals surface area contributed by atoms with Gasteiger partial charge in [0.05, 0.1) is 28.3 Å². The molecule has 0 amide bonds. The predicted molar refractivity (Wildman–Crippen MR) is 103 cm³/mol. The standard InChI is InChI=1S/C19H20N2O3S2/c1-13-5-9-17(10-6-13)25-19-14(2)20-21(15(19)3)26(22,23)18-11-7-16(24-4)8-12-18/h5-12H,1-4H3. The third kappa shape index (κ3) is 3.50. The number of ether oxygens (including phenoxy) is 1. The van der Waals surface area contributed by atoms with Gasteiger partial charge in [-0.15, -0.1) is 0 Å². The van der Waals surface area contributed by atoms with Crippen molar-refractivity contribution in [3.63, 3.8) is 0 Å². The summed E-state index contributed by atoms with van der Waals surface area (Å²) in [7, 11) is -2.22. The van der Waals surface area contributed by atoms with Crippen molar-refractivity contribution >= 4 is 21.8 Å². The fourth-order valence-corrected chi connectivity index (χ4v) is 4.91. The fourth-order valence-electron chi connectivity index (χ4n) is 2.56. The Morgan fingerprint density at radius 2 is 1.58 bits per heavy atom. The first kappa shape index (κ1) is 18.5. The minimum atomic E-state index is -3.76. The molecule has 0 bridgehead atoms. The Balaban J connectivity index is 1.99. The molecule has 26 heavy (non-hydrogen) atoms. The van der Waals surface area contributed by atoms with E-state index < -0.39 is 10.0 Å². The van der Waals surface area contributed by atoms with Crippen LogP contribution in [0.2, 0.25) is 0 Å². The van der Waals surface area contributed by atoms with Crippen LogP contribution in [-0.2, 0) is 10.0 Å². The number of nitrogens with zero attached hydrogens (tertiary/aromatic N) is 2. The molecular weight excluding hydrogens is 368 g/mol. The number of aromatic nitrogens is 2. The van der Waals surface area contributed by atoms with Gasteiger partial charge in [-0.05, 0) is 57.2 Å². The second-order valence-corrected chi connectivity index (χ2v) is 8.79. The number of benzene rings is 2. The van der Waals surface area contributed by atoms with E-state index >= 15 is 0 Å². The zero-order valence-corrected chi connectivity index (χ0v) is 16.7. The van der Waals surface area contributed by atoms with Crippen LogP contribution in [-0.4, -0.2) is 24.7 Å². The Kier molecular flexibility index (Phi) is 5.11. The molecule has 0 aliphatic heterocycles. The highest BCUT2D eigenvalue weighted by molar-refractivity contribution is 7.99. The summed E-state index contributed by atoms with van der Waals surface area (Å²) >= 11 is 1.52. The van der Waals surface area contributed by atoms with Gasteiger partial charge in [-0.2, -0.15) is 17.6 Å². The van der Waals surface area contributed by atoms with Gasteiger partial charge in [0, 0.05) is 4.90 Å². The van der Waals surface area contributed by atoms with E-state index in [0.717, 1.165) is 13.9 Å². The Labute approximate surface area is 158 Å². The van der Waals surface area contributed by atoms with Gasteiger partial charge in [-0.3, -0.25) is 0 Å². The lowest BCUT2D eigenvalue weighted by molar-refractivity contribution is 0.414. The van der Waals surface area contributed by atoms with Gasteiger partial charge >= 0.3 is 0 Å². The van der Waals surface area contributed by atoms with Crippen LogP contribution in [0.25, 0.3) is 0 Å². The Morgan fingerprint density at radius 3 is 2.15 bits per heavy atom. The first-order valence-corrected chi connectivity index (χ1v) is 10.3. The lowest BCUT2D eigenvalue weighted by atomic mass is 10.2. The molecule has 7 heteroatoms. The van der Waals surface area contributed by atoms with Crippen molar-refractivity contribution < 1.29 is 13.2 Å².